The van der Waals surface area contributed by atoms with Crippen molar-refractivity contribution in [3.8, 4) is 5.75 Å². The Bertz CT molecular complexity index is 529. The molecule has 17 heavy (non-hydrogen) atoms. The minimum Gasteiger partial charge on any atom is -0.484 e. The summed E-state index contributed by atoms with van der Waals surface area (Å²) in [6.45, 7) is 1.31. The first-order chi connectivity index (χ1) is 8.28. The Morgan fingerprint density at radius 3 is 2.47 bits per heavy atom. The fraction of sp³-hybridized carbons (Fsp3) is 0.143. The van der Waals surface area contributed by atoms with E-state index in [4.69, 9.17) is 17.6 Å². The number of benzene rings is 2. The summed E-state index contributed by atoms with van der Waals surface area (Å²) in [7, 11) is 0. The van der Waals surface area contributed by atoms with Gasteiger partial charge in [0.2, 0.25) is 6.73 Å². The van der Waals surface area contributed by atoms with Gasteiger partial charge in [0.1, 0.15) is 11.4 Å². The Morgan fingerprint density at radius 1 is 0.941 bits per heavy atom. The van der Waals surface area contributed by atoms with Crippen LogP contribution in [0.15, 0.2) is 54.6 Å². The number of nitrogens with zero attached hydrogens (tertiary/aromatic N) is 1. The van der Waals surface area contributed by atoms with Crippen LogP contribution < -0.4 is 8.63 Å². The third kappa shape index (κ3) is 1.92. The van der Waals surface area contributed by atoms with E-state index in [1.54, 1.807) is 0 Å². The summed E-state index contributed by atoms with van der Waals surface area (Å²) in [5.74, 6) is 0.960. The number of hydrogen-bond donors (Lipinski definition) is 0. The van der Waals surface area contributed by atoms with Crippen LogP contribution in [-0.2, 0) is 19.4 Å². The van der Waals surface area contributed by atoms with Gasteiger partial charge in [0.15, 0.2) is 0 Å². The molecule has 1 aliphatic heterocycles. The smallest absolute Gasteiger partial charge is 0.212 e. The fourth-order valence-electron chi connectivity index (χ4n) is 2.14. The molecular weight excluding hydrogens is 230 g/mol. The predicted octanol–water partition coefficient (Wildman–Crippen LogP) is 3.01. The van der Waals surface area contributed by atoms with Crippen LogP contribution in [0.3, 0.4) is 0 Å². The minimum absolute atomic E-state index is 0.387. The molecule has 3 rings (SSSR count). The largest absolute Gasteiger partial charge is 0.484 e. The molecule has 0 spiro atoms. The van der Waals surface area contributed by atoms with Crippen LogP contribution in [0.4, 0.5) is 5.69 Å². The molecule has 0 aliphatic carbocycles. The number of hydrogen-bond acceptors (Lipinski definition) is 2. The lowest BCUT2D eigenvalue weighted by Gasteiger charge is -2.46. The molecule has 1 heterocycles. The minimum atomic E-state index is 0.387. The van der Waals surface area contributed by atoms with Crippen LogP contribution in [-0.4, -0.2) is 6.73 Å². The van der Waals surface area contributed by atoms with Gasteiger partial charge in [0, 0.05) is 5.56 Å². The summed E-state index contributed by atoms with van der Waals surface area (Å²) in [5, 5.41) is 0. The zero-order valence-corrected chi connectivity index (χ0v) is 10.2. The fourth-order valence-corrected chi connectivity index (χ4v) is 2.45. The topological polar surface area (TPSA) is 9.23 Å². The Balaban J connectivity index is 1.98. The molecule has 1 unspecified atom stereocenters. The number of fused-ring (bicyclic) bond motifs is 1. The first kappa shape index (κ1) is 10.7. The second-order valence-corrected chi connectivity index (χ2v) is 4.96. The summed E-state index contributed by atoms with van der Waals surface area (Å²) >= 11 is 5.71. The van der Waals surface area contributed by atoms with Crippen molar-refractivity contribution in [1.82, 2.24) is 3.89 Å². The quantitative estimate of drug-likeness (QED) is 0.562. The lowest BCUT2D eigenvalue weighted by Crippen LogP contribution is -2.48. The van der Waals surface area contributed by atoms with Crippen molar-refractivity contribution >= 4 is 18.5 Å². The number of quaternary nitrogens is 1. The van der Waals surface area contributed by atoms with Gasteiger partial charge in [-0.25, -0.2) is 0 Å². The molecule has 3 heteroatoms. The maximum absolute atomic E-state index is 5.76. The standard InChI is InChI=1S/C14H13NOS/c17-15(13-7-2-1-3-8-13)10-12-6-4-5-9-14(12)16-11-15/h1-9H,10-11H2. The summed E-state index contributed by atoms with van der Waals surface area (Å²) < 4.78 is 6.15. The van der Waals surface area contributed by atoms with Gasteiger partial charge in [-0.2, -0.15) is 0 Å². The Labute approximate surface area is 107 Å². The van der Waals surface area contributed by atoms with Crippen molar-refractivity contribution in [3.05, 3.63) is 60.2 Å². The second kappa shape index (κ2) is 4.09. The summed E-state index contributed by atoms with van der Waals surface area (Å²) in [5.41, 5.74) is 2.29. The van der Waals surface area contributed by atoms with Gasteiger partial charge >= 0.3 is 0 Å². The molecule has 1 atom stereocenters. The van der Waals surface area contributed by atoms with Gasteiger partial charge in [-0.05, 0) is 24.3 Å². The molecule has 0 N–H and O–H groups in total. The van der Waals surface area contributed by atoms with E-state index in [1.807, 2.05) is 36.4 Å². The third-order valence-corrected chi connectivity index (χ3v) is 3.50. The normalized spacial score (nSPS) is 22.6. The molecule has 2 nitrogen and oxygen atoms in total. The van der Waals surface area contributed by atoms with Crippen molar-refractivity contribution in [2.75, 3.05) is 6.73 Å². The average Bonchev–Trinajstić information content (AvgIpc) is 2.40. The van der Waals surface area contributed by atoms with Gasteiger partial charge in [0.05, 0.1) is 6.54 Å². The molecule has 0 saturated carbocycles. The van der Waals surface area contributed by atoms with Crippen molar-refractivity contribution < 1.29 is 4.74 Å². The lowest BCUT2D eigenvalue weighted by atomic mass is 10.1. The van der Waals surface area contributed by atoms with E-state index in [1.165, 1.54) is 5.56 Å². The van der Waals surface area contributed by atoms with Crippen molar-refractivity contribution in [2.45, 2.75) is 6.54 Å². The van der Waals surface area contributed by atoms with Crippen molar-refractivity contribution in [2.24, 2.45) is 0 Å². The van der Waals surface area contributed by atoms with Crippen LogP contribution in [0.25, 0.3) is 0 Å². The van der Waals surface area contributed by atoms with Crippen LogP contribution in [0, 0.1) is 0 Å². The SMILES string of the molecule is [S-][N+]1(c2ccccc2)COc2ccccc2C1. The average molecular weight is 243 g/mol. The number of rotatable bonds is 1. The first-order valence-electron chi connectivity index (χ1n) is 5.62. The molecular formula is C14H13NOS. The van der Waals surface area contributed by atoms with Gasteiger partial charge in [-0.15, -0.1) is 0 Å². The zero-order chi connectivity index (χ0) is 11.7. The van der Waals surface area contributed by atoms with Crippen molar-refractivity contribution in [1.29, 1.82) is 0 Å². The number of para-hydroxylation sites is 2. The molecule has 2 aromatic carbocycles. The van der Waals surface area contributed by atoms with E-state index < -0.39 is 0 Å². The Kier molecular flexibility index (Phi) is 2.57. The monoisotopic (exact) mass is 243 g/mol. The molecule has 0 fully saturated rings. The molecule has 0 amide bonds. The van der Waals surface area contributed by atoms with E-state index in [-0.39, 0.29) is 0 Å². The predicted molar refractivity (Wildman–Crippen MR) is 71.2 cm³/mol. The highest BCUT2D eigenvalue weighted by Gasteiger charge is 2.25. The number of ether oxygens (including phenoxy) is 1. The van der Waals surface area contributed by atoms with E-state index in [0.29, 0.717) is 10.6 Å². The van der Waals surface area contributed by atoms with E-state index in [2.05, 4.69) is 18.2 Å². The van der Waals surface area contributed by atoms with Crippen LogP contribution in [0.1, 0.15) is 5.56 Å². The van der Waals surface area contributed by atoms with Gasteiger partial charge in [-0.3, -0.25) is 0 Å². The maximum Gasteiger partial charge on any atom is 0.212 e. The van der Waals surface area contributed by atoms with Crippen LogP contribution in [0.5, 0.6) is 5.75 Å². The van der Waals surface area contributed by atoms with Gasteiger partial charge < -0.3 is 21.4 Å². The van der Waals surface area contributed by atoms with E-state index in [0.717, 1.165) is 18.0 Å². The molecule has 2 aromatic rings. The van der Waals surface area contributed by atoms with E-state index in [9.17, 15) is 0 Å². The van der Waals surface area contributed by atoms with Gasteiger partial charge in [-0.1, -0.05) is 30.3 Å². The molecule has 0 aromatic heterocycles. The molecule has 0 bridgehead atoms. The molecule has 1 aliphatic rings. The van der Waals surface area contributed by atoms with Crippen LogP contribution in [0.2, 0.25) is 0 Å². The summed E-state index contributed by atoms with van der Waals surface area (Å²) in [4.78, 5) is 0. The van der Waals surface area contributed by atoms with Crippen LogP contribution >= 0.6 is 0 Å². The highest BCUT2D eigenvalue weighted by atomic mass is 32.1. The Hall–Kier alpha value is -1.45. The highest BCUT2D eigenvalue weighted by molar-refractivity contribution is 7.58. The van der Waals surface area contributed by atoms with Crippen molar-refractivity contribution in [3.63, 3.8) is 0 Å². The van der Waals surface area contributed by atoms with Gasteiger partial charge in [0.25, 0.3) is 0 Å². The second-order valence-electron chi connectivity index (χ2n) is 4.26. The third-order valence-electron chi connectivity index (χ3n) is 3.05. The summed E-state index contributed by atoms with van der Waals surface area (Å²) in [6, 6.07) is 18.3. The zero-order valence-electron chi connectivity index (χ0n) is 9.37. The maximum atomic E-state index is 5.76. The van der Waals surface area contributed by atoms with E-state index >= 15 is 0 Å². The Morgan fingerprint density at radius 2 is 1.65 bits per heavy atom. The molecule has 86 valence electrons. The summed E-state index contributed by atoms with van der Waals surface area (Å²) in [6.07, 6.45) is 0. The first-order valence-corrected chi connectivity index (χ1v) is 5.99. The lowest BCUT2D eigenvalue weighted by molar-refractivity contribution is 0.183. The molecule has 0 radical (unpaired) electrons. The highest BCUT2D eigenvalue weighted by Crippen LogP contribution is 2.32. The molecule has 0 saturated heterocycles.